The molecule has 0 spiro atoms. The van der Waals surface area contributed by atoms with Crippen molar-refractivity contribution in [2.24, 2.45) is 0 Å². The summed E-state index contributed by atoms with van der Waals surface area (Å²) in [6.07, 6.45) is 0.299. The van der Waals surface area contributed by atoms with E-state index in [1.165, 1.54) is 0 Å². The number of ether oxygens (including phenoxy) is 1. The number of aromatic hydroxyl groups is 1. The van der Waals surface area contributed by atoms with E-state index < -0.39 is 13.8 Å². The highest BCUT2D eigenvalue weighted by atomic mass is 35.5. The minimum Gasteiger partial charge on any atom is -0.506 e. The van der Waals surface area contributed by atoms with Crippen molar-refractivity contribution < 1.29 is 28.2 Å². The van der Waals surface area contributed by atoms with Crippen LogP contribution in [0.1, 0.15) is 65.9 Å². The molecule has 2 N–H and O–H groups in total. The molecule has 192 valence electrons. The highest BCUT2D eigenvalue weighted by Gasteiger charge is 2.49. The fraction of sp³-hybridized carbons (Fsp3) is 0.370. The van der Waals surface area contributed by atoms with Gasteiger partial charge in [-0.25, -0.2) is 4.39 Å². The Kier molecular flexibility index (Phi) is 8.18. The Balaban J connectivity index is 1.49. The maximum Gasteiger partial charge on any atom is 0.449 e. The number of pyridine rings is 1. The molecule has 36 heavy (non-hydrogen) atoms. The van der Waals surface area contributed by atoms with E-state index in [-0.39, 0.29) is 29.9 Å². The second kappa shape index (κ2) is 11.0. The SMILES string of the molecule is Cc1cc(OC[P+]2(O)OCCC(c3cccc(Cl)c3)O2)c(F)c(C)c1Cc1ccc(O)c(C(C)C)n1. The fourth-order valence-corrected chi connectivity index (χ4v) is 6.00. The first-order valence-corrected chi connectivity index (χ1v) is 14.0. The van der Waals surface area contributed by atoms with Crippen molar-refractivity contribution in [3.05, 3.63) is 86.9 Å². The molecule has 4 rings (SSSR count). The molecule has 1 fully saturated rings. The standard InChI is InChI=1S/C27H30ClFNO5P/c1-16(2)27-23(31)9-8-21(30-27)14-22-17(3)12-25(26(29)18(22)4)33-15-36(32)34-11-10-24(35-36)19-6-5-7-20(28)13-19/h5-9,12-13,16,24,32H,10-11,14-15H2,1-4H3/p+1. The molecular weight excluding hydrogens is 504 g/mol. The lowest BCUT2D eigenvalue weighted by Gasteiger charge is -2.27. The van der Waals surface area contributed by atoms with Crippen molar-refractivity contribution in [1.29, 1.82) is 0 Å². The van der Waals surface area contributed by atoms with Crippen LogP contribution in [0.4, 0.5) is 4.39 Å². The molecule has 0 radical (unpaired) electrons. The Morgan fingerprint density at radius 3 is 2.72 bits per heavy atom. The summed E-state index contributed by atoms with van der Waals surface area (Å²) in [6, 6.07) is 12.3. The summed E-state index contributed by atoms with van der Waals surface area (Å²) in [5.74, 6) is -0.256. The first-order chi connectivity index (χ1) is 17.1. The van der Waals surface area contributed by atoms with Crippen molar-refractivity contribution >= 4 is 19.5 Å². The van der Waals surface area contributed by atoms with Gasteiger partial charge in [-0.05, 0) is 72.4 Å². The normalized spacial score (nSPS) is 20.1. The number of hydrogen-bond donors (Lipinski definition) is 2. The molecule has 2 aromatic carbocycles. The fourth-order valence-electron chi connectivity index (χ4n) is 4.29. The Hall–Kier alpha value is -2.28. The van der Waals surface area contributed by atoms with Gasteiger partial charge in [0.05, 0.1) is 5.69 Å². The summed E-state index contributed by atoms with van der Waals surface area (Å²) in [6.45, 7) is 7.79. The molecule has 0 bridgehead atoms. The topological polar surface area (TPSA) is 81.0 Å². The maximum absolute atomic E-state index is 15.3. The molecule has 0 saturated carbocycles. The number of benzene rings is 2. The van der Waals surface area contributed by atoms with Gasteiger partial charge in [0.2, 0.25) is 0 Å². The van der Waals surface area contributed by atoms with E-state index in [0.717, 1.165) is 22.4 Å². The smallest absolute Gasteiger partial charge is 0.449 e. The third-order valence-electron chi connectivity index (χ3n) is 6.26. The van der Waals surface area contributed by atoms with Crippen LogP contribution in [0.3, 0.4) is 0 Å². The van der Waals surface area contributed by atoms with Gasteiger partial charge in [-0.1, -0.05) is 37.6 Å². The third-order valence-corrected chi connectivity index (χ3v) is 8.12. The lowest BCUT2D eigenvalue weighted by Crippen LogP contribution is -2.21. The van der Waals surface area contributed by atoms with Gasteiger partial charge in [-0.15, -0.1) is 0 Å². The quantitative estimate of drug-likeness (QED) is 0.312. The van der Waals surface area contributed by atoms with Gasteiger partial charge >= 0.3 is 7.94 Å². The van der Waals surface area contributed by atoms with Crippen LogP contribution < -0.4 is 4.74 Å². The van der Waals surface area contributed by atoms with E-state index in [9.17, 15) is 10.00 Å². The first-order valence-electron chi connectivity index (χ1n) is 11.9. The summed E-state index contributed by atoms with van der Waals surface area (Å²) < 4.78 is 32.5. The van der Waals surface area contributed by atoms with E-state index in [0.29, 0.717) is 35.7 Å². The lowest BCUT2D eigenvalue weighted by molar-refractivity contribution is 0.0515. The van der Waals surface area contributed by atoms with E-state index in [4.69, 9.17) is 25.4 Å². The summed E-state index contributed by atoms with van der Waals surface area (Å²) >= 11 is 6.09. The predicted octanol–water partition coefficient (Wildman–Crippen LogP) is 7.18. The van der Waals surface area contributed by atoms with Gasteiger partial charge in [0, 0.05) is 23.6 Å². The number of hydrogen-bond acceptors (Lipinski definition) is 6. The Bertz CT molecular complexity index is 1260. The predicted molar refractivity (Wildman–Crippen MR) is 139 cm³/mol. The number of aryl methyl sites for hydroxylation is 1. The van der Waals surface area contributed by atoms with Crippen LogP contribution in [0.2, 0.25) is 5.02 Å². The zero-order chi connectivity index (χ0) is 26.0. The second-order valence-corrected chi connectivity index (χ2v) is 11.8. The molecule has 2 atom stereocenters. The monoisotopic (exact) mass is 534 g/mol. The number of rotatable bonds is 7. The van der Waals surface area contributed by atoms with Crippen molar-refractivity contribution in [3.63, 3.8) is 0 Å². The van der Waals surface area contributed by atoms with Crippen molar-refractivity contribution in [3.8, 4) is 11.5 Å². The number of nitrogens with zero attached hydrogens (tertiary/aromatic N) is 1. The molecular formula is C27H31ClFNO5P+. The minimum atomic E-state index is -3.37. The van der Waals surface area contributed by atoms with Crippen LogP contribution in [0, 0.1) is 19.7 Å². The lowest BCUT2D eigenvalue weighted by atomic mass is 9.96. The molecule has 0 aliphatic carbocycles. The third kappa shape index (κ3) is 5.99. The molecule has 6 nitrogen and oxygen atoms in total. The largest absolute Gasteiger partial charge is 0.506 e. The Morgan fingerprint density at radius 2 is 2.00 bits per heavy atom. The van der Waals surface area contributed by atoms with Crippen LogP contribution in [-0.4, -0.2) is 27.9 Å². The summed E-state index contributed by atoms with van der Waals surface area (Å²) in [5.41, 5.74) is 4.27. The zero-order valence-electron chi connectivity index (χ0n) is 20.8. The molecule has 2 heterocycles. The second-order valence-electron chi connectivity index (χ2n) is 9.33. The molecule has 1 aliphatic rings. The molecule has 1 saturated heterocycles. The van der Waals surface area contributed by atoms with Gasteiger partial charge in [0.1, 0.15) is 18.5 Å². The van der Waals surface area contributed by atoms with E-state index in [1.54, 1.807) is 37.3 Å². The van der Waals surface area contributed by atoms with Gasteiger partial charge in [-0.2, -0.15) is 13.9 Å². The van der Waals surface area contributed by atoms with Crippen LogP contribution >= 0.6 is 19.5 Å². The van der Waals surface area contributed by atoms with Crippen molar-refractivity contribution in [2.75, 3.05) is 13.0 Å². The molecule has 3 aromatic rings. The molecule has 2 unspecified atom stereocenters. The minimum absolute atomic E-state index is 0.0285. The van der Waals surface area contributed by atoms with Crippen molar-refractivity contribution in [2.45, 2.75) is 52.6 Å². The van der Waals surface area contributed by atoms with Gasteiger partial charge in [0.15, 0.2) is 11.6 Å². The number of aromatic nitrogens is 1. The average molecular weight is 535 g/mol. The van der Waals surface area contributed by atoms with E-state index in [2.05, 4.69) is 4.98 Å². The average Bonchev–Trinajstić information content (AvgIpc) is 2.84. The van der Waals surface area contributed by atoms with E-state index >= 15 is 4.39 Å². The van der Waals surface area contributed by atoms with Crippen LogP contribution in [0.15, 0.2) is 42.5 Å². The highest BCUT2D eigenvalue weighted by molar-refractivity contribution is 7.60. The molecule has 9 heteroatoms. The maximum atomic E-state index is 15.3. The van der Waals surface area contributed by atoms with Crippen LogP contribution in [0.25, 0.3) is 0 Å². The zero-order valence-corrected chi connectivity index (χ0v) is 22.4. The summed E-state index contributed by atoms with van der Waals surface area (Å²) in [4.78, 5) is 15.5. The highest BCUT2D eigenvalue weighted by Crippen LogP contribution is 2.63. The van der Waals surface area contributed by atoms with Gasteiger partial charge < -0.3 is 9.84 Å². The van der Waals surface area contributed by atoms with Gasteiger partial charge in [-0.3, -0.25) is 4.98 Å². The van der Waals surface area contributed by atoms with Crippen molar-refractivity contribution in [1.82, 2.24) is 4.98 Å². The summed E-state index contributed by atoms with van der Waals surface area (Å²) in [5, 5.41) is 10.6. The molecule has 1 aliphatic heterocycles. The Morgan fingerprint density at radius 1 is 1.22 bits per heavy atom. The Labute approximate surface area is 216 Å². The van der Waals surface area contributed by atoms with E-state index in [1.807, 2.05) is 32.9 Å². The summed E-state index contributed by atoms with van der Waals surface area (Å²) in [7, 11) is -3.37. The molecule has 0 amide bonds. The first kappa shape index (κ1) is 26.8. The molecule has 1 aromatic heterocycles. The van der Waals surface area contributed by atoms with Crippen LogP contribution in [0.5, 0.6) is 11.5 Å². The van der Waals surface area contributed by atoms with Crippen LogP contribution in [-0.2, 0) is 15.5 Å². The van der Waals surface area contributed by atoms with Gasteiger partial charge in [0.25, 0.3) is 6.35 Å². The number of halogens is 2.